The molecule has 1 saturated heterocycles. The zero-order valence-corrected chi connectivity index (χ0v) is 18.1. The third-order valence-corrected chi connectivity index (χ3v) is 6.07. The summed E-state index contributed by atoms with van der Waals surface area (Å²) in [5.74, 6) is 0.719. The molecule has 3 nitrogen and oxygen atoms in total. The maximum atomic E-state index is 13.1. The Kier molecular flexibility index (Phi) is 6.94. The van der Waals surface area contributed by atoms with Crippen molar-refractivity contribution in [1.29, 1.82) is 0 Å². The van der Waals surface area contributed by atoms with Crippen LogP contribution in [-0.4, -0.2) is 34.6 Å². The summed E-state index contributed by atoms with van der Waals surface area (Å²) in [4.78, 5) is 15.6. The molecule has 0 aromatic heterocycles. The molecule has 1 rings (SSSR count). The molecule has 0 saturated carbocycles. The number of carbonyl (C=O) groups excluding carboxylic acids is 1. The van der Waals surface area contributed by atoms with E-state index in [4.69, 9.17) is 4.74 Å². The van der Waals surface area contributed by atoms with E-state index in [2.05, 4.69) is 73.8 Å². The maximum Gasteiger partial charge on any atom is 0.312 e. The van der Waals surface area contributed by atoms with Crippen LogP contribution < -0.4 is 0 Å². The average Bonchev–Trinajstić information content (AvgIpc) is 2.40. The minimum absolute atomic E-state index is 0.0207. The quantitative estimate of drug-likeness (QED) is 0.451. The van der Waals surface area contributed by atoms with Crippen LogP contribution in [-0.2, 0) is 9.53 Å². The van der Waals surface area contributed by atoms with Crippen molar-refractivity contribution in [3.05, 3.63) is 12.7 Å². The molecule has 0 aromatic carbocycles. The number of esters is 1. The summed E-state index contributed by atoms with van der Waals surface area (Å²) in [5.41, 5.74) is -0.457. The van der Waals surface area contributed by atoms with Gasteiger partial charge in [0, 0.05) is 30.5 Å². The van der Waals surface area contributed by atoms with E-state index in [-0.39, 0.29) is 29.1 Å². The molecule has 0 aliphatic carbocycles. The van der Waals surface area contributed by atoms with Crippen molar-refractivity contribution in [3.63, 3.8) is 0 Å². The number of hydrogen-bond donors (Lipinski definition) is 0. The van der Waals surface area contributed by atoms with Gasteiger partial charge in [0.1, 0.15) is 6.10 Å². The summed E-state index contributed by atoms with van der Waals surface area (Å²) in [6.45, 7) is 24.4. The molecule has 0 spiro atoms. The lowest BCUT2D eigenvalue weighted by molar-refractivity contribution is -0.174. The summed E-state index contributed by atoms with van der Waals surface area (Å²) in [5, 5.41) is 0. The molecule has 0 bridgehead atoms. The van der Waals surface area contributed by atoms with E-state index in [1.54, 1.807) is 0 Å². The largest absolute Gasteiger partial charge is 0.462 e. The van der Waals surface area contributed by atoms with Crippen molar-refractivity contribution >= 4 is 5.97 Å². The number of likely N-dealkylation sites (tertiary alicyclic amines) is 1. The molecule has 146 valence electrons. The van der Waals surface area contributed by atoms with E-state index in [9.17, 15) is 4.79 Å². The summed E-state index contributed by atoms with van der Waals surface area (Å²) in [7, 11) is 0. The second-order valence-corrected chi connectivity index (χ2v) is 10.1. The van der Waals surface area contributed by atoms with Gasteiger partial charge in [0.25, 0.3) is 0 Å². The fourth-order valence-electron chi connectivity index (χ4n) is 4.62. The van der Waals surface area contributed by atoms with Gasteiger partial charge in [-0.2, -0.15) is 0 Å². The molecule has 1 unspecified atom stereocenters. The van der Waals surface area contributed by atoms with Gasteiger partial charge in [0.2, 0.25) is 0 Å². The van der Waals surface area contributed by atoms with E-state index in [0.29, 0.717) is 5.92 Å². The molecule has 1 atom stereocenters. The Morgan fingerprint density at radius 1 is 1.20 bits per heavy atom. The Labute approximate surface area is 156 Å². The fraction of sp³-hybridized carbons (Fsp3) is 0.864. The molecule has 3 heteroatoms. The first-order valence-corrected chi connectivity index (χ1v) is 9.86. The van der Waals surface area contributed by atoms with Crippen LogP contribution in [0.5, 0.6) is 0 Å². The Morgan fingerprint density at radius 2 is 1.68 bits per heavy atom. The van der Waals surface area contributed by atoms with Gasteiger partial charge in [-0.15, -0.1) is 6.58 Å². The highest BCUT2D eigenvalue weighted by atomic mass is 16.5. The summed E-state index contributed by atoms with van der Waals surface area (Å²) >= 11 is 0. The number of rotatable bonds is 7. The molecular weight excluding hydrogens is 310 g/mol. The summed E-state index contributed by atoms with van der Waals surface area (Å²) < 4.78 is 6.12. The number of ether oxygens (including phenoxy) is 1. The van der Waals surface area contributed by atoms with Crippen molar-refractivity contribution in [2.75, 3.05) is 6.54 Å². The SMILES string of the molecule is C=CCN1C(C)(C)CC(OC(=O)C(C)(CC(C)C)C(C)C)CC1(C)C. The second kappa shape index (κ2) is 7.82. The van der Waals surface area contributed by atoms with Gasteiger partial charge >= 0.3 is 5.97 Å². The highest BCUT2D eigenvalue weighted by Gasteiger charge is 2.47. The van der Waals surface area contributed by atoms with Crippen LogP contribution in [0.15, 0.2) is 12.7 Å². The van der Waals surface area contributed by atoms with E-state index < -0.39 is 5.41 Å². The molecule has 0 N–H and O–H groups in total. The summed E-state index contributed by atoms with van der Waals surface area (Å²) in [6, 6.07) is 0. The number of nitrogens with zero attached hydrogens (tertiary/aromatic N) is 1. The van der Waals surface area contributed by atoms with E-state index in [0.717, 1.165) is 25.8 Å². The van der Waals surface area contributed by atoms with Crippen molar-refractivity contribution in [2.24, 2.45) is 17.3 Å². The minimum Gasteiger partial charge on any atom is -0.462 e. The normalized spacial score (nSPS) is 23.5. The number of carbonyl (C=O) groups is 1. The molecule has 1 fully saturated rings. The standard InChI is InChI=1S/C22H41NO2/c1-11-12-23-20(6,7)14-18(15-21(23,8)9)25-19(24)22(10,17(4)5)13-16(2)3/h11,16-18H,1,12-15H2,2-10H3. The van der Waals surface area contributed by atoms with Crippen LogP contribution >= 0.6 is 0 Å². The van der Waals surface area contributed by atoms with Crippen molar-refractivity contribution < 1.29 is 9.53 Å². The summed E-state index contributed by atoms with van der Waals surface area (Å²) in [6.07, 6.45) is 4.54. The smallest absolute Gasteiger partial charge is 0.312 e. The van der Waals surface area contributed by atoms with Crippen molar-refractivity contribution in [2.45, 2.75) is 98.8 Å². The monoisotopic (exact) mass is 351 g/mol. The zero-order valence-electron chi connectivity index (χ0n) is 18.1. The predicted octanol–water partition coefficient (Wildman–Crippen LogP) is 5.45. The lowest BCUT2D eigenvalue weighted by atomic mass is 9.73. The Balaban J connectivity index is 2.96. The lowest BCUT2D eigenvalue weighted by Crippen LogP contribution is -2.62. The number of piperidine rings is 1. The molecule has 0 aromatic rings. The van der Waals surface area contributed by atoms with Crippen LogP contribution in [0.4, 0.5) is 0 Å². The zero-order chi connectivity index (χ0) is 19.6. The second-order valence-electron chi connectivity index (χ2n) is 10.1. The van der Waals surface area contributed by atoms with Gasteiger partial charge in [-0.25, -0.2) is 0 Å². The average molecular weight is 352 g/mol. The molecule has 1 aliphatic rings. The maximum absolute atomic E-state index is 13.1. The highest BCUT2D eigenvalue weighted by molar-refractivity contribution is 5.77. The molecule has 0 amide bonds. The predicted molar refractivity (Wildman–Crippen MR) is 107 cm³/mol. The first kappa shape index (κ1) is 22.2. The van der Waals surface area contributed by atoms with Crippen molar-refractivity contribution in [1.82, 2.24) is 4.90 Å². The highest BCUT2D eigenvalue weighted by Crippen LogP contribution is 2.42. The molecule has 25 heavy (non-hydrogen) atoms. The van der Waals surface area contributed by atoms with Gasteiger partial charge in [-0.1, -0.05) is 33.8 Å². The topological polar surface area (TPSA) is 29.5 Å². The Morgan fingerprint density at radius 3 is 2.04 bits per heavy atom. The molecule has 0 radical (unpaired) electrons. The van der Waals surface area contributed by atoms with Crippen LogP contribution in [0.3, 0.4) is 0 Å². The Hall–Kier alpha value is -0.830. The van der Waals surface area contributed by atoms with Crippen LogP contribution in [0.25, 0.3) is 0 Å². The van der Waals surface area contributed by atoms with Crippen molar-refractivity contribution in [3.8, 4) is 0 Å². The van der Waals surface area contributed by atoms with Crippen LogP contribution in [0.2, 0.25) is 0 Å². The molecule has 1 aliphatic heterocycles. The van der Waals surface area contributed by atoms with Gasteiger partial charge in [-0.05, 0) is 52.9 Å². The van der Waals surface area contributed by atoms with Gasteiger partial charge in [0.05, 0.1) is 5.41 Å². The first-order chi connectivity index (χ1) is 11.3. The van der Waals surface area contributed by atoms with Gasteiger partial charge < -0.3 is 4.74 Å². The minimum atomic E-state index is -0.416. The van der Waals surface area contributed by atoms with Gasteiger partial charge in [-0.3, -0.25) is 9.69 Å². The fourth-order valence-corrected chi connectivity index (χ4v) is 4.62. The van der Waals surface area contributed by atoms with Crippen LogP contribution in [0.1, 0.15) is 81.6 Å². The van der Waals surface area contributed by atoms with E-state index in [1.807, 2.05) is 6.08 Å². The third kappa shape index (κ3) is 5.09. The van der Waals surface area contributed by atoms with Crippen LogP contribution in [0, 0.1) is 17.3 Å². The molecule has 1 heterocycles. The molecular formula is C22H41NO2. The van der Waals surface area contributed by atoms with E-state index in [1.165, 1.54) is 0 Å². The van der Waals surface area contributed by atoms with Gasteiger partial charge in [0.15, 0.2) is 0 Å². The first-order valence-electron chi connectivity index (χ1n) is 9.86. The Bertz CT molecular complexity index is 460. The lowest BCUT2D eigenvalue weighted by Gasteiger charge is -2.55. The number of hydrogen-bond acceptors (Lipinski definition) is 3. The van der Waals surface area contributed by atoms with E-state index >= 15 is 0 Å². The third-order valence-electron chi connectivity index (χ3n) is 6.07.